The van der Waals surface area contributed by atoms with Gasteiger partial charge in [-0.15, -0.1) is 0 Å². The largest absolute Gasteiger partial charge is 0.469 e. The van der Waals surface area contributed by atoms with Crippen LogP contribution in [0.25, 0.3) is 0 Å². The third-order valence-corrected chi connectivity index (χ3v) is 4.24. The van der Waals surface area contributed by atoms with Gasteiger partial charge in [0.1, 0.15) is 6.07 Å². The Kier molecular flexibility index (Phi) is 5.98. The zero-order valence-corrected chi connectivity index (χ0v) is 13.1. The SMILES string of the molecule is COC(=O)CCCS(=O)(=O)Nc1cc(Br)ccc1C#N. The molecule has 108 valence electrons. The highest BCUT2D eigenvalue weighted by Gasteiger charge is 2.14. The summed E-state index contributed by atoms with van der Waals surface area (Å²) in [6.45, 7) is 0. The van der Waals surface area contributed by atoms with Gasteiger partial charge < -0.3 is 4.74 Å². The number of anilines is 1. The number of nitrogens with one attached hydrogen (secondary N) is 1. The maximum atomic E-state index is 11.9. The van der Waals surface area contributed by atoms with E-state index in [4.69, 9.17) is 5.26 Å². The number of methoxy groups -OCH3 is 1. The summed E-state index contributed by atoms with van der Waals surface area (Å²) in [6, 6.07) is 6.57. The van der Waals surface area contributed by atoms with Crippen LogP contribution in [0.3, 0.4) is 0 Å². The average Bonchev–Trinajstić information content (AvgIpc) is 2.38. The lowest BCUT2D eigenvalue weighted by atomic mass is 10.2. The summed E-state index contributed by atoms with van der Waals surface area (Å²) in [6.07, 6.45) is 0.179. The van der Waals surface area contributed by atoms with E-state index in [0.717, 1.165) is 0 Å². The normalized spacial score (nSPS) is 10.7. The van der Waals surface area contributed by atoms with Gasteiger partial charge in [-0.1, -0.05) is 15.9 Å². The van der Waals surface area contributed by atoms with Crippen molar-refractivity contribution in [3.63, 3.8) is 0 Å². The predicted octanol–water partition coefficient (Wildman–Crippen LogP) is 2.02. The lowest BCUT2D eigenvalue weighted by Crippen LogP contribution is -2.18. The molecule has 0 aromatic heterocycles. The molecule has 8 heteroatoms. The Balaban J connectivity index is 2.74. The quantitative estimate of drug-likeness (QED) is 0.782. The highest BCUT2D eigenvalue weighted by molar-refractivity contribution is 9.10. The number of benzene rings is 1. The molecule has 0 spiro atoms. The minimum Gasteiger partial charge on any atom is -0.469 e. The third kappa shape index (κ3) is 5.19. The lowest BCUT2D eigenvalue weighted by molar-refractivity contribution is -0.140. The summed E-state index contributed by atoms with van der Waals surface area (Å²) in [5.74, 6) is -0.681. The molecule has 0 amide bonds. The zero-order chi connectivity index (χ0) is 15.2. The van der Waals surface area contributed by atoms with Crippen LogP contribution in [0.2, 0.25) is 0 Å². The molecule has 6 nitrogen and oxygen atoms in total. The molecule has 0 aliphatic heterocycles. The van der Waals surface area contributed by atoms with Crippen LogP contribution in [0, 0.1) is 11.3 Å². The predicted molar refractivity (Wildman–Crippen MR) is 77.5 cm³/mol. The van der Waals surface area contributed by atoms with Gasteiger partial charge in [-0.05, 0) is 24.6 Å². The van der Waals surface area contributed by atoms with Gasteiger partial charge in [0, 0.05) is 10.9 Å². The Bertz CT molecular complexity index is 637. The topological polar surface area (TPSA) is 96.3 Å². The molecule has 20 heavy (non-hydrogen) atoms. The maximum Gasteiger partial charge on any atom is 0.305 e. The number of hydrogen-bond acceptors (Lipinski definition) is 5. The fraction of sp³-hybridized carbons (Fsp3) is 0.333. The van der Waals surface area contributed by atoms with Gasteiger partial charge in [0.25, 0.3) is 0 Å². The summed E-state index contributed by atoms with van der Waals surface area (Å²) >= 11 is 3.21. The van der Waals surface area contributed by atoms with Gasteiger partial charge in [-0.25, -0.2) is 8.42 Å². The van der Waals surface area contributed by atoms with E-state index in [0.29, 0.717) is 4.47 Å². The van der Waals surface area contributed by atoms with Crippen molar-refractivity contribution in [1.29, 1.82) is 5.26 Å². The molecule has 0 bridgehead atoms. The zero-order valence-electron chi connectivity index (χ0n) is 10.7. The van der Waals surface area contributed by atoms with Crippen LogP contribution in [0.4, 0.5) is 5.69 Å². The van der Waals surface area contributed by atoms with Crippen molar-refractivity contribution in [3.8, 4) is 6.07 Å². The summed E-state index contributed by atoms with van der Waals surface area (Å²) in [4.78, 5) is 10.9. The van der Waals surface area contributed by atoms with Gasteiger partial charge in [0.05, 0.1) is 24.1 Å². The fourth-order valence-electron chi connectivity index (χ4n) is 1.43. The first-order valence-corrected chi connectivity index (χ1v) is 8.09. The number of sulfonamides is 1. The first-order chi connectivity index (χ1) is 9.38. The highest BCUT2D eigenvalue weighted by Crippen LogP contribution is 2.22. The molecule has 0 fully saturated rings. The molecule has 0 unspecified atom stereocenters. The van der Waals surface area contributed by atoms with Crippen molar-refractivity contribution in [3.05, 3.63) is 28.2 Å². The van der Waals surface area contributed by atoms with Gasteiger partial charge in [0.2, 0.25) is 10.0 Å². The summed E-state index contributed by atoms with van der Waals surface area (Å²) in [5.41, 5.74) is 0.435. The van der Waals surface area contributed by atoms with Crippen molar-refractivity contribution in [2.45, 2.75) is 12.8 Å². The number of rotatable bonds is 6. The van der Waals surface area contributed by atoms with Crippen molar-refractivity contribution in [1.82, 2.24) is 0 Å². The van der Waals surface area contributed by atoms with E-state index in [9.17, 15) is 13.2 Å². The Morgan fingerprint density at radius 2 is 2.20 bits per heavy atom. The molecule has 0 saturated heterocycles. The summed E-state index contributed by atoms with van der Waals surface area (Å²) in [7, 11) is -2.37. The van der Waals surface area contributed by atoms with E-state index in [1.165, 1.54) is 19.2 Å². The number of carbonyl (C=O) groups excluding carboxylic acids is 1. The number of hydrogen-bond donors (Lipinski definition) is 1. The fourth-order valence-corrected chi connectivity index (χ4v) is 2.92. The average molecular weight is 361 g/mol. The standard InChI is InChI=1S/C12H13BrN2O4S/c1-19-12(16)3-2-6-20(17,18)15-11-7-10(13)5-4-9(11)8-14/h4-5,7,15H,2-3,6H2,1H3. The number of nitriles is 1. The molecular formula is C12H13BrN2O4S. The third-order valence-electron chi connectivity index (χ3n) is 2.39. The second kappa shape index (κ2) is 7.26. The van der Waals surface area contributed by atoms with Gasteiger partial charge in [0.15, 0.2) is 0 Å². The molecule has 0 heterocycles. The van der Waals surface area contributed by atoms with Crippen molar-refractivity contribution >= 4 is 37.6 Å². The first kappa shape index (κ1) is 16.5. The molecule has 0 aliphatic carbocycles. The van der Waals surface area contributed by atoms with E-state index in [1.807, 2.05) is 6.07 Å². The minimum absolute atomic E-state index is 0.0288. The molecule has 0 atom stereocenters. The van der Waals surface area contributed by atoms with E-state index in [1.54, 1.807) is 6.07 Å². The Labute approximate surface area is 125 Å². The molecule has 0 radical (unpaired) electrons. The van der Waals surface area contributed by atoms with E-state index < -0.39 is 16.0 Å². The van der Waals surface area contributed by atoms with Crippen LogP contribution in [-0.2, 0) is 19.6 Å². The summed E-state index contributed by atoms with van der Waals surface area (Å²) < 4.78 is 31.1. The van der Waals surface area contributed by atoms with Crippen LogP contribution >= 0.6 is 15.9 Å². The molecule has 1 aromatic carbocycles. The number of nitrogens with zero attached hydrogens (tertiary/aromatic N) is 1. The molecule has 0 saturated carbocycles. The Morgan fingerprint density at radius 3 is 2.80 bits per heavy atom. The molecule has 1 aromatic rings. The number of ether oxygens (including phenoxy) is 1. The molecule has 1 rings (SSSR count). The number of carbonyl (C=O) groups is 1. The van der Waals surface area contributed by atoms with Crippen LogP contribution in [0.5, 0.6) is 0 Å². The van der Waals surface area contributed by atoms with E-state index in [2.05, 4.69) is 25.4 Å². The van der Waals surface area contributed by atoms with Crippen molar-refractivity contribution in [2.24, 2.45) is 0 Å². The maximum absolute atomic E-state index is 11.9. The highest BCUT2D eigenvalue weighted by atomic mass is 79.9. The van der Waals surface area contributed by atoms with Crippen LogP contribution in [0.15, 0.2) is 22.7 Å². The first-order valence-electron chi connectivity index (χ1n) is 5.65. The second-order valence-electron chi connectivity index (χ2n) is 3.90. The van der Waals surface area contributed by atoms with Crippen molar-refractivity contribution in [2.75, 3.05) is 17.6 Å². The minimum atomic E-state index is -3.62. The van der Waals surface area contributed by atoms with E-state index >= 15 is 0 Å². The molecule has 1 N–H and O–H groups in total. The van der Waals surface area contributed by atoms with Crippen LogP contribution in [-0.4, -0.2) is 27.2 Å². The van der Waals surface area contributed by atoms with Gasteiger partial charge in [-0.3, -0.25) is 9.52 Å². The Morgan fingerprint density at radius 1 is 1.50 bits per heavy atom. The lowest BCUT2D eigenvalue weighted by Gasteiger charge is -2.09. The van der Waals surface area contributed by atoms with Gasteiger partial charge >= 0.3 is 5.97 Å². The number of esters is 1. The Hall–Kier alpha value is -1.59. The van der Waals surface area contributed by atoms with E-state index in [-0.39, 0.29) is 29.8 Å². The molecular weight excluding hydrogens is 348 g/mol. The van der Waals surface area contributed by atoms with Crippen LogP contribution < -0.4 is 4.72 Å². The molecule has 0 aliphatic rings. The van der Waals surface area contributed by atoms with Crippen molar-refractivity contribution < 1.29 is 17.9 Å². The second-order valence-corrected chi connectivity index (χ2v) is 6.66. The smallest absolute Gasteiger partial charge is 0.305 e. The monoisotopic (exact) mass is 360 g/mol. The van der Waals surface area contributed by atoms with Gasteiger partial charge in [-0.2, -0.15) is 5.26 Å². The van der Waals surface area contributed by atoms with Crippen LogP contribution in [0.1, 0.15) is 18.4 Å². The summed E-state index contributed by atoms with van der Waals surface area (Å²) in [5, 5.41) is 8.93. The number of halogens is 1.